The fraction of sp³-hybridized carbons (Fsp3) is 0.462. The minimum atomic E-state index is -1.36. The molecular formula is C13H19N3O5. The molecule has 5 N–H and O–H groups in total. The monoisotopic (exact) mass is 297 g/mol. The van der Waals surface area contributed by atoms with Crippen LogP contribution in [0.25, 0.3) is 0 Å². The van der Waals surface area contributed by atoms with E-state index in [1.807, 2.05) is 0 Å². The fourth-order valence-corrected chi connectivity index (χ4v) is 1.96. The highest BCUT2D eigenvalue weighted by Gasteiger charge is 2.25. The molecule has 8 nitrogen and oxygen atoms in total. The van der Waals surface area contributed by atoms with Gasteiger partial charge in [0.1, 0.15) is 11.8 Å². The van der Waals surface area contributed by atoms with E-state index in [9.17, 15) is 25.1 Å². The van der Waals surface area contributed by atoms with Crippen LogP contribution in [0.4, 0.5) is 11.4 Å². The van der Waals surface area contributed by atoms with Crippen LogP contribution in [0.2, 0.25) is 0 Å². The van der Waals surface area contributed by atoms with Crippen LogP contribution in [0, 0.1) is 17.0 Å². The van der Waals surface area contributed by atoms with Crippen LogP contribution >= 0.6 is 0 Å². The first-order valence-corrected chi connectivity index (χ1v) is 6.39. The van der Waals surface area contributed by atoms with E-state index in [4.69, 9.17) is 5.73 Å². The molecule has 0 aliphatic rings. The normalized spacial score (nSPS) is 13.5. The van der Waals surface area contributed by atoms with Gasteiger partial charge in [-0.3, -0.25) is 14.9 Å². The van der Waals surface area contributed by atoms with Crippen LogP contribution in [0.1, 0.15) is 30.6 Å². The Hall–Kier alpha value is -2.19. The summed E-state index contributed by atoms with van der Waals surface area (Å²) in [7, 11) is 0. The van der Waals surface area contributed by atoms with Crippen LogP contribution < -0.4 is 11.1 Å². The van der Waals surface area contributed by atoms with Gasteiger partial charge in [-0.1, -0.05) is 6.07 Å². The Balaban J connectivity index is 2.93. The summed E-state index contributed by atoms with van der Waals surface area (Å²) in [6, 6.07) is 2.80. The SMILES string of the molecule is CC(=O)NCCC(O)C(O)c1cc(C)cc([N+](=O)[O-])c1N. The number of nitro benzene ring substituents is 1. The molecule has 1 amide bonds. The van der Waals surface area contributed by atoms with E-state index >= 15 is 0 Å². The van der Waals surface area contributed by atoms with E-state index in [1.165, 1.54) is 19.1 Å². The number of nitrogens with two attached hydrogens (primary N) is 1. The van der Waals surface area contributed by atoms with Crippen LogP contribution in [-0.2, 0) is 4.79 Å². The van der Waals surface area contributed by atoms with Gasteiger partial charge in [-0.25, -0.2) is 0 Å². The minimum Gasteiger partial charge on any atom is -0.393 e. The average Bonchev–Trinajstić information content (AvgIpc) is 2.39. The standard InChI is InChI=1S/C13H19N3O5/c1-7-5-9(12(14)10(6-7)16(20)21)13(19)11(18)3-4-15-8(2)17/h5-6,11,13,18-19H,3-4,14H2,1-2H3,(H,15,17). The predicted molar refractivity (Wildman–Crippen MR) is 76.5 cm³/mol. The number of hydrogen-bond donors (Lipinski definition) is 4. The smallest absolute Gasteiger partial charge is 0.292 e. The van der Waals surface area contributed by atoms with Gasteiger partial charge in [0.2, 0.25) is 5.91 Å². The number of nitro groups is 1. The molecule has 1 rings (SSSR count). The van der Waals surface area contributed by atoms with Crippen molar-refractivity contribution in [3.05, 3.63) is 33.4 Å². The van der Waals surface area contributed by atoms with Crippen molar-refractivity contribution in [3.63, 3.8) is 0 Å². The van der Waals surface area contributed by atoms with E-state index in [0.29, 0.717) is 5.56 Å². The van der Waals surface area contributed by atoms with E-state index in [0.717, 1.165) is 0 Å². The number of anilines is 1. The Bertz CT molecular complexity index is 547. The van der Waals surface area contributed by atoms with Crippen molar-refractivity contribution in [2.75, 3.05) is 12.3 Å². The molecule has 0 radical (unpaired) electrons. The topological polar surface area (TPSA) is 139 Å². The molecule has 2 atom stereocenters. The van der Waals surface area contributed by atoms with E-state index in [-0.39, 0.29) is 35.8 Å². The average molecular weight is 297 g/mol. The summed E-state index contributed by atoms with van der Waals surface area (Å²) in [4.78, 5) is 21.0. The number of nitrogen functional groups attached to an aromatic ring is 1. The number of hydrogen-bond acceptors (Lipinski definition) is 6. The zero-order chi connectivity index (χ0) is 16.2. The highest BCUT2D eigenvalue weighted by Crippen LogP contribution is 2.33. The number of aliphatic hydroxyl groups excluding tert-OH is 2. The Morgan fingerprint density at radius 1 is 1.48 bits per heavy atom. The first-order chi connectivity index (χ1) is 9.73. The molecule has 0 heterocycles. The zero-order valence-electron chi connectivity index (χ0n) is 11.9. The van der Waals surface area contributed by atoms with Crippen molar-refractivity contribution < 1.29 is 19.9 Å². The summed E-state index contributed by atoms with van der Waals surface area (Å²) in [5.41, 5.74) is 5.87. The van der Waals surface area contributed by atoms with Crippen molar-refractivity contribution in [3.8, 4) is 0 Å². The van der Waals surface area contributed by atoms with Gasteiger partial charge in [0.25, 0.3) is 5.69 Å². The van der Waals surface area contributed by atoms with Crippen LogP contribution in [0.5, 0.6) is 0 Å². The molecule has 1 aromatic rings. The van der Waals surface area contributed by atoms with Crippen molar-refractivity contribution in [2.24, 2.45) is 0 Å². The summed E-state index contributed by atoms with van der Waals surface area (Å²) in [6.07, 6.45) is -2.46. The number of aryl methyl sites for hydroxylation is 1. The first kappa shape index (κ1) is 16.9. The predicted octanol–water partition coefficient (Wildman–Crippen LogP) is 0.406. The second-order valence-electron chi connectivity index (χ2n) is 4.83. The largest absolute Gasteiger partial charge is 0.393 e. The Morgan fingerprint density at radius 2 is 2.10 bits per heavy atom. The molecule has 0 saturated heterocycles. The lowest BCUT2D eigenvalue weighted by atomic mass is 9.97. The van der Waals surface area contributed by atoms with E-state index in [2.05, 4.69) is 5.32 Å². The molecule has 0 aromatic heterocycles. The van der Waals surface area contributed by atoms with E-state index in [1.54, 1.807) is 6.92 Å². The third-order valence-corrected chi connectivity index (χ3v) is 3.03. The maximum Gasteiger partial charge on any atom is 0.292 e. The summed E-state index contributed by atoms with van der Waals surface area (Å²) >= 11 is 0. The molecule has 2 unspecified atom stereocenters. The highest BCUT2D eigenvalue weighted by molar-refractivity contribution is 5.72. The van der Waals surface area contributed by atoms with Gasteiger partial charge in [-0.2, -0.15) is 0 Å². The third-order valence-electron chi connectivity index (χ3n) is 3.03. The van der Waals surface area contributed by atoms with Crippen molar-refractivity contribution in [1.29, 1.82) is 0 Å². The Morgan fingerprint density at radius 3 is 2.62 bits per heavy atom. The summed E-state index contributed by atoms with van der Waals surface area (Å²) < 4.78 is 0. The zero-order valence-corrected chi connectivity index (χ0v) is 11.9. The van der Waals surface area contributed by atoms with Gasteiger partial charge in [0.05, 0.1) is 11.0 Å². The lowest BCUT2D eigenvalue weighted by Gasteiger charge is -2.20. The van der Waals surface area contributed by atoms with Gasteiger partial charge in [-0.15, -0.1) is 0 Å². The number of benzene rings is 1. The molecular weight excluding hydrogens is 278 g/mol. The van der Waals surface area contributed by atoms with Crippen LogP contribution in [0.3, 0.4) is 0 Å². The molecule has 0 bridgehead atoms. The van der Waals surface area contributed by atoms with E-state index < -0.39 is 17.1 Å². The quantitative estimate of drug-likeness (QED) is 0.340. The number of carbonyl (C=O) groups excluding carboxylic acids is 1. The minimum absolute atomic E-state index is 0.0991. The number of rotatable bonds is 6. The molecule has 1 aromatic carbocycles. The van der Waals surface area contributed by atoms with Crippen molar-refractivity contribution in [1.82, 2.24) is 5.32 Å². The maximum atomic E-state index is 10.9. The van der Waals surface area contributed by atoms with Crippen molar-refractivity contribution >= 4 is 17.3 Å². The van der Waals surface area contributed by atoms with Crippen LogP contribution in [-0.4, -0.2) is 33.7 Å². The summed E-state index contributed by atoms with van der Waals surface area (Å²) in [5, 5.41) is 33.4. The maximum absolute atomic E-state index is 10.9. The molecule has 8 heteroatoms. The summed E-state index contributed by atoms with van der Waals surface area (Å²) in [6.45, 7) is 3.15. The Kier molecular flexibility index (Phi) is 5.62. The molecule has 116 valence electrons. The van der Waals surface area contributed by atoms with Gasteiger partial charge in [0, 0.05) is 25.1 Å². The highest BCUT2D eigenvalue weighted by atomic mass is 16.6. The van der Waals surface area contributed by atoms with Gasteiger partial charge >= 0.3 is 0 Å². The lowest BCUT2D eigenvalue weighted by Crippen LogP contribution is -2.28. The fourth-order valence-electron chi connectivity index (χ4n) is 1.96. The number of nitrogens with one attached hydrogen (secondary N) is 1. The lowest BCUT2D eigenvalue weighted by molar-refractivity contribution is -0.384. The van der Waals surface area contributed by atoms with Gasteiger partial charge < -0.3 is 21.3 Å². The molecule has 21 heavy (non-hydrogen) atoms. The number of nitrogens with zero attached hydrogens (tertiary/aromatic N) is 1. The first-order valence-electron chi connectivity index (χ1n) is 6.39. The third kappa shape index (κ3) is 4.40. The van der Waals surface area contributed by atoms with Crippen LogP contribution in [0.15, 0.2) is 12.1 Å². The molecule has 0 fully saturated rings. The second-order valence-corrected chi connectivity index (χ2v) is 4.83. The number of carbonyl (C=O) groups is 1. The molecule has 0 saturated carbocycles. The molecule has 0 spiro atoms. The van der Waals surface area contributed by atoms with Crippen molar-refractivity contribution in [2.45, 2.75) is 32.5 Å². The second kappa shape index (κ2) is 7.00. The molecule has 0 aliphatic heterocycles. The van der Waals surface area contributed by atoms with Gasteiger partial charge in [-0.05, 0) is 18.9 Å². The number of aliphatic hydroxyl groups is 2. The number of amides is 1. The summed E-state index contributed by atoms with van der Waals surface area (Å²) in [5.74, 6) is -0.248. The Labute approximate surface area is 121 Å². The molecule has 0 aliphatic carbocycles. The van der Waals surface area contributed by atoms with Gasteiger partial charge in [0.15, 0.2) is 0 Å².